The molecule has 2 aromatic rings. The van der Waals surface area contributed by atoms with Gasteiger partial charge in [-0.25, -0.2) is 0 Å². The third kappa shape index (κ3) is 2.51. The van der Waals surface area contributed by atoms with Crippen LogP contribution < -0.4 is 10.5 Å². The lowest BCUT2D eigenvalue weighted by Gasteiger charge is -2.18. The predicted molar refractivity (Wildman–Crippen MR) is 82.3 cm³/mol. The summed E-state index contributed by atoms with van der Waals surface area (Å²) >= 11 is 0. The van der Waals surface area contributed by atoms with Crippen molar-refractivity contribution in [3.8, 4) is 5.88 Å². The summed E-state index contributed by atoms with van der Waals surface area (Å²) in [5.74, 6) is 0.272. The topological polar surface area (TPSA) is 69.2 Å². The number of anilines is 2. The van der Waals surface area contributed by atoms with Gasteiger partial charge in [0, 0.05) is 12.2 Å². The van der Waals surface area contributed by atoms with Crippen LogP contribution in [0.4, 0.5) is 11.6 Å². The lowest BCUT2D eigenvalue weighted by Crippen LogP contribution is -2.23. The fourth-order valence-electron chi connectivity index (χ4n) is 2.74. The third-order valence-electron chi connectivity index (χ3n) is 3.90. The van der Waals surface area contributed by atoms with E-state index in [2.05, 4.69) is 16.0 Å². The van der Waals surface area contributed by atoms with E-state index in [9.17, 15) is 9.90 Å². The number of nitrogens with zero attached hydrogens (tertiary/aromatic N) is 2. The Kier molecular flexibility index (Phi) is 3.64. The van der Waals surface area contributed by atoms with Gasteiger partial charge >= 0.3 is 0 Å². The van der Waals surface area contributed by atoms with Gasteiger partial charge in [0.15, 0.2) is 0 Å². The summed E-state index contributed by atoms with van der Waals surface area (Å²) < 4.78 is 0. The van der Waals surface area contributed by atoms with E-state index in [4.69, 9.17) is 0 Å². The number of rotatable bonds is 4. The predicted octanol–water partition coefficient (Wildman–Crippen LogP) is 2.51. The first kappa shape index (κ1) is 13.7. The molecule has 5 heteroatoms. The zero-order chi connectivity index (χ0) is 14.8. The highest BCUT2D eigenvalue weighted by molar-refractivity contribution is 5.65. The molecule has 2 heterocycles. The molecule has 110 valence electrons. The molecule has 0 amide bonds. The van der Waals surface area contributed by atoms with E-state index in [1.807, 2.05) is 30.0 Å². The number of hydrogen-bond acceptors (Lipinski definition) is 4. The smallest absolute Gasteiger partial charge is 0.259 e. The molecule has 0 spiro atoms. The van der Waals surface area contributed by atoms with Crippen LogP contribution in [0, 0.1) is 0 Å². The number of para-hydroxylation sites is 1. The number of fused-ring (bicyclic) bond motifs is 1. The second-order valence-corrected chi connectivity index (χ2v) is 5.33. The van der Waals surface area contributed by atoms with E-state index in [1.54, 1.807) is 0 Å². The highest BCUT2D eigenvalue weighted by Crippen LogP contribution is 2.32. The van der Waals surface area contributed by atoms with E-state index >= 15 is 0 Å². The zero-order valence-electron chi connectivity index (χ0n) is 12.1. The van der Waals surface area contributed by atoms with Gasteiger partial charge in [-0.1, -0.05) is 31.5 Å². The van der Waals surface area contributed by atoms with Crippen LogP contribution >= 0.6 is 0 Å². The van der Waals surface area contributed by atoms with Gasteiger partial charge < -0.3 is 10.0 Å². The summed E-state index contributed by atoms with van der Waals surface area (Å²) in [6.45, 7) is 2.81. The number of aromatic hydroxyl groups is 1. The van der Waals surface area contributed by atoms with Crippen molar-refractivity contribution in [3.63, 3.8) is 0 Å². The van der Waals surface area contributed by atoms with Crippen LogP contribution in [-0.4, -0.2) is 21.6 Å². The molecule has 0 radical (unpaired) electrons. The SMILES string of the molecule is CCCCc1c(O)nc(N2CCc3ccccc32)[nH]c1=O. The molecule has 0 saturated heterocycles. The van der Waals surface area contributed by atoms with Gasteiger partial charge in [-0.05, 0) is 30.9 Å². The van der Waals surface area contributed by atoms with Gasteiger partial charge in [0.1, 0.15) is 0 Å². The average Bonchev–Trinajstić information content (AvgIpc) is 2.90. The quantitative estimate of drug-likeness (QED) is 0.905. The third-order valence-corrected chi connectivity index (χ3v) is 3.90. The van der Waals surface area contributed by atoms with Crippen molar-refractivity contribution in [2.75, 3.05) is 11.4 Å². The van der Waals surface area contributed by atoms with Crippen LogP contribution in [0.5, 0.6) is 5.88 Å². The molecule has 1 aliphatic rings. The molecule has 3 rings (SSSR count). The molecule has 0 aliphatic carbocycles. The van der Waals surface area contributed by atoms with Gasteiger partial charge in [-0.3, -0.25) is 9.78 Å². The van der Waals surface area contributed by atoms with Gasteiger partial charge in [0.05, 0.1) is 5.56 Å². The largest absolute Gasteiger partial charge is 0.493 e. The number of nitrogens with one attached hydrogen (secondary N) is 1. The van der Waals surface area contributed by atoms with Gasteiger partial charge in [0.2, 0.25) is 11.8 Å². The van der Waals surface area contributed by atoms with Crippen LogP contribution in [0.25, 0.3) is 0 Å². The second-order valence-electron chi connectivity index (χ2n) is 5.33. The minimum atomic E-state index is -0.240. The number of aromatic nitrogens is 2. The summed E-state index contributed by atoms with van der Waals surface area (Å²) in [5, 5.41) is 10.0. The first-order valence-electron chi connectivity index (χ1n) is 7.38. The van der Waals surface area contributed by atoms with Crippen LogP contribution in [-0.2, 0) is 12.8 Å². The summed E-state index contributed by atoms with van der Waals surface area (Å²) in [7, 11) is 0. The van der Waals surface area contributed by atoms with Crippen LogP contribution in [0.3, 0.4) is 0 Å². The fourth-order valence-corrected chi connectivity index (χ4v) is 2.74. The van der Waals surface area contributed by atoms with Gasteiger partial charge in [-0.2, -0.15) is 4.98 Å². The summed E-state index contributed by atoms with van der Waals surface area (Å²) in [6.07, 6.45) is 3.31. The molecule has 0 fully saturated rings. The van der Waals surface area contributed by atoms with E-state index < -0.39 is 0 Å². The van der Waals surface area contributed by atoms with Crippen LogP contribution in [0.15, 0.2) is 29.1 Å². The highest BCUT2D eigenvalue weighted by Gasteiger charge is 2.23. The Morgan fingerprint density at radius 1 is 1.38 bits per heavy atom. The van der Waals surface area contributed by atoms with E-state index in [-0.39, 0.29) is 11.4 Å². The van der Waals surface area contributed by atoms with Crippen molar-refractivity contribution in [2.45, 2.75) is 32.6 Å². The van der Waals surface area contributed by atoms with Crippen molar-refractivity contribution in [3.05, 3.63) is 45.7 Å². The molecule has 1 aromatic heterocycles. The van der Waals surface area contributed by atoms with E-state index in [0.29, 0.717) is 17.9 Å². The molecule has 0 atom stereocenters. The highest BCUT2D eigenvalue weighted by atomic mass is 16.3. The van der Waals surface area contributed by atoms with Crippen molar-refractivity contribution in [2.24, 2.45) is 0 Å². The first-order valence-corrected chi connectivity index (χ1v) is 7.38. The number of hydrogen-bond donors (Lipinski definition) is 2. The maximum Gasteiger partial charge on any atom is 0.259 e. The Labute approximate surface area is 123 Å². The molecule has 21 heavy (non-hydrogen) atoms. The van der Waals surface area contributed by atoms with Crippen LogP contribution in [0.2, 0.25) is 0 Å². The Hall–Kier alpha value is -2.30. The molecular formula is C16H19N3O2. The Morgan fingerprint density at radius 3 is 2.95 bits per heavy atom. The minimum Gasteiger partial charge on any atom is -0.493 e. The average molecular weight is 285 g/mol. The van der Waals surface area contributed by atoms with Crippen molar-refractivity contribution >= 4 is 11.6 Å². The van der Waals surface area contributed by atoms with Crippen molar-refractivity contribution in [1.82, 2.24) is 9.97 Å². The fraction of sp³-hybridized carbons (Fsp3) is 0.375. The molecular weight excluding hydrogens is 266 g/mol. The standard InChI is InChI=1S/C16H19N3O2/c1-2-3-7-12-14(20)17-16(18-15(12)21)19-10-9-11-6-4-5-8-13(11)19/h4-6,8H,2-3,7,9-10H2,1H3,(H2,17,18,20,21). The van der Waals surface area contributed by atoms with Crippen molar-refractivity contribution in [1.29, 1.82) is 0 Å². The van der Waals surface area contributed by atoms with Gasteiger partial charge in [-0.15, -0.1) is 0 Å². The summed E-state index contributed by atoms with van der Waals surface area (Å²) in [4.78, 5) is 21.1. The van der Waals surface area contributed by atoms with Gasteiger partial charge in [0.25, 0.3) is 5.56 Å². The summed E-state index contributed by atoms with van der Waals surface area (Å²) in [6, 6.07) is 8.04. The van der Waals surface area contributed by atoms with Crippen molar-refractivity contribution < 1.29 is 5.11 Å². The van der Waals surface area contributed by atoms with E-state index in [0.717, 1.165) is 31.5 Å². The minimum absolute atomic E-state index is 0.147. The molecule has 0 unspecified atom stereocenters. The molecule has 1 aliphatic heterocycles. The molecule has 2 N–H and O–H groups in total. The Morgan fingerprint density at radius 2 is 2.19 bits per heavy atom. The number of H-pyrrole nitrogens is 1. The molecule has 5 nitrogen and oxygen atoms in total. The molecule has 0 bridgehead atoms. The maximum absolute atomic E-state index is 12.2. The second kappa shape index (κ2) is 5.60. The first-order chi connectivity index (χ1) is 10.2. The van der Waals surface area contributed by atoms with E-state index in [1.165, 1.54) is 5.56 Å². The lowest BCUT2D eigenvalue weighted by molar-refractivity contribution is 0.442. The molecule has 1 aromatic carbocycles. The number of benzene rings is 1. The van der Waals surface area contributed by atoms with Crippen LogP contribution in [0.1, 0.15) is 30.9 Å². The molecule has 0 saturated carbocycles. The summed E-state index contributed by atoms with van der Waals surface area (Å²) in [5.41, 5.74) is 2.42. The Bertz CT molecular complexity index is 709. The maximum atomic E-state index is 12.2. The number of unbranched alkanes of at least 4 members (excludes halogenated alkanes) is 1. The normalized spacial score (nSPS) is 13.5. The lowest BCUT2D eigenvalue weighted by atomic mass is 10.1. The monoisotopic (exact) mass is 285 g/mol. The Balaban J connectivity index is 1.96. The number of aromatic amines is 1. The zero-order valence-corrected chi connectivity index (χ0v) is 12.1.